The minimum absolute atomic E-state index is 0.101. The van der Waals surface area contributed by atoms with E-state index in [2.05, 4.69) is 5.32 Å². The number of halogens is 2. The van der Waals surface area contributed by atoms with Gasteiger partial charge in [0.2, 0.25) is 5.91 Å². The Hall–Kier alpha value is -0.970. The van der Waals surface area contributed by atoms with E-state index >= 15 is 0 Å². The molecule has 0 aliphatic heterocycles. The van der Waals surface area contributed by atoms with E-state index in [1.165, 1.54) is 12.0 Å². The van der Waals surface area contributed by atoms with Crippen LogP contribution in [0.25, 0.3) is 0 Å². The van der Waals surface area contributed by atoms with E-state index < -0.39 is 0 Å². The molecule has 6 heteroatoms. The predicted octanol–water partition coefficient (Wildman–Crippen LogP) is 2.18. The SMILES string of the molecule is CNCC(=O)N(C)c1cc(Cl)c(OC)cc1Cl. The van der Waals surface area contributed by atoms with Gasteiger partial charge in [0.15, 0.2) is 0 Å². The number of nitrogens with zero attached hydrogens (tertiary/aromatic N) is 1. The van der Waals surface area contributed by atoms with Crippen LogP contribution in [-0.4, -0.2) is 33.7 Å². The van der Waals surface area contributed by atoms with Crippen LogP contribution in [0.2, 0.25) is 10.0 Å². The van der Waals surface area contributed by atoms with Crippen molar-refractivity contribution in [3.05, 3.63) is 22.2 Å². The third kappa shape index (κ3) is 3.25. The van der Waals surface area contributed by atoms with Crippen molar-refractivity contribution in [2.45, 2.75) is 0 Å². The van der Waals surface area contributed by atoms with Crippen LogP contribution >= 0.6 is 23.2 Å². The van der Waals surface area contributed by atoms with Crippen LogP contribution in [-0.2, 0) is 4.79 Å². The number of rotatable bonds is 4. The number of likely N-dealkylation sites (N-methyl/N-ethyl adjacent to an activating group) is 2. The first-order valence-electron chi connectivity index (χ1n) is 4.95. The highest BCUT2D eigenvalue weighted by Crippen LogP contribution is 2.35. The zero-order valence-corrected chi connectivity index (χ0v) is 11.4. The van der Waals surface area contributed by atoms with Gasteiger partial charge in [-0.1, -0.05) is 23.2 Å². The van der Waals surface area contributed by atoms with Gasteiger partial charge in [-0.25, -0.2) is 0 Å². The molecular formula is C11H14Cl2N2O2. The lowest BCUT2D eigenvalue weighted by Crippen LogP contribution is -2.34. The summed E-state index contributed by atoms with van der Waals surface area (Å²) in [6.45, 7) is 0.233. The molecule has 0 aromatic heterocycles. The number of amides is 1. The fourth-order valence-electron chi connectivity index (χ4n) is 1.34. The Balaban J connectivity index is 3.06. The van der Waals surface area contributed by atoms with Crippen LogP contribution in [0.5, 0.6) is 5.75 Å². The van der Waals surface area contributed by atoms with Gasteiger partial charge in [-0.15, -0.1) is 0 Å². The minimum Gasteiger partial charge on any atom is -0.495 e. The van der Waals surface area contributed by atoms with Crippen molar-refractivity contribution in [2.24, 2.45) is 0 Å². The highest BCUT2D eigenvalue weighted by Gasteiger charge is 2.15. The number of carbonyl (C=O) groups is 1. The zero-order chi connectivity index (χ0) is 13.0. The predicted molar refractivity (Wildman–Crippen MR) is 70.4 cm³/mol. The summed E-state index contributed by atoms with van der Waals surface area (Å²) in [5.41, 5.74) is 0.553. The van der Waals surface area contributed by atoms with Gasteiger partial charge in [0, 0.05) is 13.1 Å². The van der Waals surface area contributed by atoms with E-state index in [0.29, 0.717) is 21.5 Å². The number of carbonyl (C=O) groups excluding carboxylic acids is 1. The summed E-state index contributed by atoms with van der Waals surface area (Å²) < 4.78 is 5.04. The summed E-state index contributed by atoms with van der Waals surface area (Å²) in [4.78, 5) is 13.1. The van der Waals surface area contributed by atoms with E-state index in [0.717, 1.165) is 0 Å². The third-order valence-corrected chi connectivity index (χ3v) is 2.88. The van der Waals surface area contributed by atoms with Crippen LogP contribution in [0.4, 0.5) is 5.69 Å². The monoisotopic (exact) mass is 276 g/mol. The Morgan fingerprint density at radius 1 is 1.41 bits per heavy atom. The molecule has 1 N–H and O–H groups in total. The van der Waals surface area contributed by atoms with Gasteiger partial charge in [-0.3, -0.25) is 4.79 Å². The van der Waals surface area contributed by atoms with Gasteiger partial charge in [0.1, 0.15) is 5.75 Å². The Kier molecular flexibility index (Phi) is 5.05. The number of ether oxygens (including phenoxy) is 1. The first-order valence-corrected chi connectivity index (χ1v) is 5.71. The van der Waals surface area contributed by atoms with E-state index in [4.69, 9.17) is 27.9 Å². The lowest BCUT2D eigenvalue weighted by Gasteiger charge is -2.19. The van der Waals surface area contributed by atoms with Crippen LogP contribution in [0.1, 0.15) is 0 Å². The normalized spacial score (nSPS) is 10.2. The van der Waals surface area contributed by atoms with Gasteiger partial charge in [-0.2, -0.15) is 0 Å². The Bertz CT molecular complexity index is 424. The summed E-state index contributed by atoms with van der Waals surface area (Å²) in [7, 11) is 4.85. The molecule has 0 heterocycles. The smallest absolute Gasteiger partial charge is 0.240 e. The molecule has 0 fully saturated rings. The lowest BCUT2D eigenvalue weighted by molar-refractivity contribution is -0.117. The molecule has 0 spiro atoms. The van der Waals surface area contributed by atoms with Crippen LogP contribution in [0.3, 0.4) is 0 Å². The molecule has 0 aliphatic rings. The summed E-state index contributed by atoms with van der Waals surface area (Å²) >= 11 is 12.1. The molecule has 1 aromatic carbocycles. The van der Waals surface area contributed by atoms with Gasteiger partial charge in [-0.05, 0) is 13.1 Å². The summed E-state index contributed by atoms with van der Waals surface area (Å²) in [5, 5.41) is 3.61. The van der Waals surface area contributed by atoms with E-state index in [1.54, 1.807) is 26.2 Å². The Morgan fingerprint density at radius 3 is 2.59 bits per heavy atom. The summed E-state index contributed by atoms with van der Waals surface area (Å²) in [6.07, 6.45) is 0. The van der Waals surface area contributed by atoms with Gasteiger partial charge in [0.25, 0.3) is 0 Å². The van der Waals surface area contributed by atoms with Crippen molar-refractivity contribution < 1.29 is 9.53 Å². The molecule has 17 heavy (non-hydrogen) atoms. The standard InChI is InChI=1S/C11H14Cl2N2O2/c1-14-6-11(16)15(2)9-4-8(13)10(17-3)5-7(9)12/h4-5,14H,6H2,1-3H3. The minimum atomic E-state index is -0.101. The number of nitrogens with one attached hydrogen (secondary N) is 1. The largest absolute Gasteiger partial charge is 0.495 e. The van der Waals surface area contributed by atoms with Gasteiger partial charge < -0.3 is 15.0 Å². The molecule has 94 valence electrons. The second kappa shape index (κ2) is 6.10. The molecule has 0 bridgehead atoms. The molecule has 0 saturated heterocycles. The Labute approximate surface area is 110 Å². The first-order chi connectivity index (χ1) is 8.01. The maximum absolute atomic E-state index is 11.7. The molecule has 0 atom stereocenters. The van der Waals surface area contributed by atoms with Crippen molar-refractivity contribution in [2.75, 3.05) is 32.6 Å². The number of benzene rings is 1. The van der Waals surface area contributed by atoms with E-state index in [-0.39, 0.29) is 12.5 Å². The van der Waals surface area contributed by atoms with Crippen molar-refractivity contribution in [3.8, 4) is 5.75 Å². The molecule has 0 saturated carbocycles. The molecule has 1 rings (SSSR count). The number of hydrogen-bond acceptors (Lipinski definition) is 3. The lowest BCUT2D eigenvalue weighted by atomic mass is 10.2. The summed E-state index contributed by atoms with van der Waals surface area (Å²) in [5.74, 6) is 0.380. The third-order valence-electron chi connectivity index (χ3n) is 2.28. The molecule has 0 aliphatic carbocycles. The maximum atomic E-state index is 11.7. The molecule has 1 aromatic rings. The first kappa shape index (κ1) is 14.1. The quantitative estimate of drug-likeness (QED) is 0.917. The van der Waals surface area contributed by atoms with Crippen LogP contribution in [0.15, 0.2) is 12.1 Å². The zero-order valence-electron chi connectivity index (χ0n) is 9.88. The Morgan fingerprint density at radius 2 is 2.06 bits per heavy atom. The van der Waals surface area contributed by atoms with Crippen LogP contribution in [0, 0.1) is 0 Å². The molecule has 0 radical (unpaired) electrons. The van der Waals surface area contributed by atoms with Crippen molar-refractivity contribution >= 4 is 34.8 Å². The average Bonchev–Trinajstić information content (AvgIpc) is 2.31. The highest BCUT2D eigenvalue weighted by molar-refractivity contribution is 6.36. The summed E-state index contributed by atoms with van der Waals surface area (Å²) in [6, 6.07) is 3.19. The van der Waals surface area contributed by atoms with Crippen molar-refractivity contribution in [1.29, 1.82) is 0 Å². The average molecular weight is 277 g/mol. The van der Waals surface area contributed by atoms with Gasteiger partial charge in [0.05, 0.1) is 29.4 Å². The fourth-order valence-corrected chi connectivity index (χ4v) is 1.85. The fraction of sp³-hybridized carbons (Fsp3) is 0.364. The number of hydrogen-bond donors (Lipinski definition) is 1. The second-order valence-electron chi connectivity index (χ2n) is 3.42. The second-order valence-corrected chi connectivity index (χ2v) is 4.24. The van der Waals surface area contributed by atoms with Crippen molar-refractivity contribution in [1.82, 2.24) is 5.32 Å². The number of anilines is 1. The van der Waals surface area contributed by atoms with Crippen LogP contribution < -0.4 is 15.0 Å². The highest BCUT2D eigenvalue weighted by atomic mass is 35.5. The number of methoxy groups -OCH3 is 1. The van der Waals surface area contributed by atoms with Crippen molar-refractivity contribution in [3.63, 3.8) is 0 Å². The molecule has 1 amide bonds. The molecular weight excluding hydrogens is 263 g/mol. The molecule has 4 nitrogen and oxygen atoms in total. The maximum Gasteiger partial charge on any atom is 0.240 e. The van der Waals surface area contributed by atoms with Gasteiger partial charge >= 0.3 is 0 Å². The molecule has 0 unspecified atom stereocenters. The van der Waals surface area contributed by atoms with E-state index in [9.17, 15) is 4.79 Å². The van der Waals surface area contributed by atoms with E-state index in [1.807, 2.05) is 0 Å². The topological polar surface area (TPSA) is 41.6 Å².